The molecule has 1 aromatic heterocycles. The molecule has 0 spiro atoms. The second-order valence-electron chi connectivity index (χ2n) is 6.40. The molecule has 0 unspecified atom stereocenters. The fraction of sp³-hybridized carbons (Fsp3) is 0.0952. The van der Waals surface area contributed by atoms with Crippen LogP contribution in [0.2, 0.25) is 10.0 Å². The van der Waals surface area contributed by atoms with E-state index in [1.54, 1.807) is 18.2 Å². The van der Waals surface area contributed by atoms with Crippen molar-refractivity contribution in [2.24, 2.45) is 5.73 Å². The van der Waals surface area contributed by atoms with Gasteiger partial charge in [-0.25, -0.2) is 0 Å². The molecule has 0 atom stereocenters. The van der Waals surface area contributed by atoms with Gasteiger partial charge in [0.2, 0.25) is 5.91 Å². The number of rotatable bonds is 4. The smallest absolute Gasteiger partial charge is 0.249 e. The number of hydrogen-bond donors (Lipinski definition) is 2. The summed E-state index contributed by atoms with van der Waals surface area (Å²) >= 11 is 12.5. The Kier molecular flexibility index (Phi) is 4.56. The van der Waals surface area contributed by atoms with Crippen LogP contribution in [0.1, 0.15) is 21.5 Å². The van der Waals surface area contributed by atoms with Crippen molar-refractivity contribution in [2.45, 2.75) is 13.2 Å². The Morgan fingerprint density at radius 1 is 1.04 bits per heavy atom. The number of carbonyl (C=O) groups excluding carboxylic acids is 1. The molecule has 0 radical (unpaired) electrons. The van der Waals surface area contributed by atoms with Gasteiger partial charge >= 0.3 is 0 Å². The van der Waals surface area contributed by atoms with Crippen LogP contribution in [0.4, 0.5) is 0 Å². The molecule has 0 aliphatic rings. The lowest BCUT2D eigenvalue weighted by atomic mass is 10.0. The van der Waals surface area contributed by atoms with E-state index in [0.717, 1.165) is 32.9 Å². The summed E-state index contributed by atoms with van der Waals surface area (Å²) in [5, 5.41) is 12.5. The van der Waals surface area contributed by atoms with E-state index in [1.807, 2.05) is 36.4 Å². The van der Waals surface area contributed by atoms with Crippen molar-refractivity contribution in [2.75, 3.05) is 0 Å². The summed E-state index contributed by atoms with van der Waals surface area (Å²) in [6, 6.07) is 16.5. The summed E-state index contributed by atoms with van der Waals surface area (Å²) in [4.78, 5) is 12.0. The molecule has 0 aliphatic heterocycles. The van der Waals surface area contributed by atoms with Crippen LogP contribution < -0.4 is 5.73 Å². The van der Waals surface area contributed by atoms with Gasteiger partial charge in [0, 0.05) is 38.4 Å². The molecule has 27 heavy (non-hydrogen) atoms. The largest absolute Gasteiger partial charge is 0.392 e. The SMILES string of the molecule is NC(=O)c1cccc2c1c1ccc(CO)cc1n2Cc1cc(Cl)ccc1Cl. The van der Waals surface area contributed by atoms with Crippen LogP contribution in [0.15, 0.2) is 54.6 Å². The Morgan fingerprint density at radius 3 is 2.59 bits per heavy atom. The summed E-state index contributed by atoms with van der Waals surface area (Å²) in [6.07, 6.45) is 0. The van der Waals surface area contributed by atoms with Gasteiger partial charge in [-0.05, 0) is 47.5 Å². The second-order valence-corrected chi connectivity index (χ2v) is 7.24. The van der Waals surface area contributed by atoms with Crippen molar-refractivity contribution in [3.05, 3.63) is 81.3 Å². The number of benzene rings is 3. The zero-order valence-corrected chi connectivity index (χ0v) is 15.8. The molecule has 0 fully saturated rings. The summed E-state index contributed by atoms with van der Waals surface area (Å²) in [5.41, 5.74) is 9.47. The number of hydrogen-bond acceptors (Lipinski definition) is 2. The maximum Gasteiger partial charge on any atom is 0.249 e. The van der Waals surface area contributed by atoms with Crippen molar-refractivity contribution in [3.8, 4) is 0 Å². The highest BCUT2D eigenvalue weighted by molar-refractivity contribution is 6.33. The average Bonchev–Trinajstić information content (AvgIpc) is 2.97. The lowest BCUT2D eigenvalue weighted by Crippen LogP contribution is -2.11. The summed E-state index contributed by atoms with van der Waals surface area (Å²) in [7, 11) is 0. The number of halogens is 2. The topological polar surface area (TPSA) is 68.2 Å². The zero-order valence-electron chi connectivity index (χ0n) is 14.2. The molecule has 1 heterocycles. The minimum atomic E-state index is -0.480. The van der Waals surface area contributed by atoms with Crippen LogP contribution in [-0.4, -0.2) is 15.6 Å². The number of aliphatic hydroxyl groups excluding tert-OH is 1. The lowest BCUT2D eigenvalue weighted by molar-refractivity contribution is 0.100. The van der Waals surface area contributed by atoms with Gasteiger partial charge in [-0.1, -0.05) is 41.4 Å². The van der Waals surface area contributed by atoms with Crippen molar-refractivity contribution in [3.63, 3.8) is 0 Å². The molecule has 4 aromatic rings. The number of aromatic nitrogens is 1. The Morgan fingerprint density at radius 2 is 1.85 bits per heavy atom. The molecule has 0 saturated carbocycles. The predicted octanol–water partition coefficient (Wildman–Crippen LogP) is 4.74. The molecular formula is C21H16Cl2N2O2. The molecule has 0 bridgehead atoms. The number of nitrogens with zero attached hydrogens (tertiary/aromatic N) is 1. The van der Waals surface area contributed by atoms with Gasteiger partial charge < -0.3 is 15.4 Å². The van der Waals surface area contributed by atoms with Gasteiger partial charge in [0.15, 0.2) is 0 Å². The highest BCUT2D eigenvalue weighted by atomic mass is 35.5. The van der Waals surface area contributed by atoms with E-state index in [0.29, 0.717) is 22.2 Å². The maximum absolute atomic E-state index is 12.0. The van der Waals surface area contributed by atoms with Gasteiger partial charge in [-0.2, -0.15) is 0 Å². The molecule has 4 nitrogen and oxygen atoms in total. The normalized spacial score (nSPS) is 11.4. The first-order valence-corrected chi connectivity index (χ1v) is 9.13. The number of fused-ring (bicyclic) bond motifs is 3. The van der Waals surface area contributed by atoms with E-state index in [4.69, 9.17) is 28.9 Å². The van der Waals surface area contributed by atoms with E-state index < -0.39 is 5.91 Å². The average molecular weight is 399 g/mol. The number of nitrogens with two attached hydrogens (primary N) is 1. The van der Waals surface area contributed by atoms with Gasteiger partial charge in [-0.15, -0.1) is 0 Å². The van der Waals surface area contributed by atoms with E-state index in [2.05, 4.69) is 4.57 Å². The molecular weight excluding hydrogens is 383 g/mol. The first-order chi connectivity index (χ1) is 13.0. The first kappa shape index (κ1) is 17.9. The van der Waals surface area contributed by atoms with Gasteiger partial charge in [0.1, 0.15) is 0 Å². The third-order valence-electron chi connectivity index (χ3n) is 4.74. The monoisotopic (exact) mass is 398 g/mol. The van der Waals surface area contributed by atoms with E-state index in [9.17, 15) is 9.90 Å². The maximum atomic E-state index is 12.0. The summed E-state index contributed by atoms with van der Waals surface area (Å²) in [6.45, 7) is 0.397. The van der Waals surface area contributed by atoms with Crippen LogP contribution in [0.25, 0.3) is 21.8 Å². The Labute approximate surface area is 165 Å². The molecule has 3 N–H and O–H groups in total. The fourth-order valence-corrected chi connectivity index (χ4v) is 3.87. The molecule has 1 amide bonds. The molecule has 6 heteroatoms. The van der Waals surface area contributed by atoms with Crippen LogP contribution in [0.5, 0.6) is 0 Å². The van der Waals surface area contributed by atoms with E-state index >= 15 is 0 Å². The van der Waals surface area contributed by atoms with Gasteiger partial charge in [-0.3, -0.25) is 4.79 Å². The second kappa shape index (κ2) is 6.89. The minimum Gasteiger partial charge on any atom is -0.392 e. The number of primary amides is 1. The van der Waals surface area contributed by atoms with Crippen molar-refractivity contribution in [1.29, 1.82) is 0 Å². The van der Waals surface area contributed by atoms with Crippen LogP contribution in [-0.2, 0) is 13.2 Å². The van der Waals surface area contributed by atoms with Crippen molar-refractivity contribution in [1.82, 2.24) is 4.57 Å². The van der Waals surface area contributed by atoms with Crippen LogP contribution in [0, 0.1) is 0 Å². The lowest BCUT2D eigenvalue weighted by Gasteiger charge is -2.10. The third-order valence-corrected chi connectivity index (χ3v) is 5.34. The van der Waals surface area contributed by atoms with Gasteiger partial charge in [0.25, 0.3) is 0 Å². The zero-order chi connectivity index (χ0) is 19.1. The molecule has 136 valence electrons. The summed E-state index contributed by atoms with van der Waals surface area (Å²) < 4.78 is 2.06. The van der Waals surface area contributed by atoms with Crippen molar-refractivity contribution < 1.29 is 9.90 Å². The first-order valence-electron chi connectivity index (χ1n) is 8.38. The number of carbonyl (C=O) groups is 1. The Hall–Kier alpha value is -2.53. The summed E-state index contributed by atoms with van der Waals surface area (Å²) in [5.74, 6) is -0.480. The highest BCUT2D eigenvalue weighted by Gasteiger charge is 2.17. The number of amides is 1. The highest BCUT2D eigenvalue weighted by Crippen LogP contribution is 2.34. The van der Waals surface area contributed by atoms with E-state index in [1.165, 1.54) is 0 Å². The number of aliphatic hydroxyl groups is 1. The van der Waals surface area contributed by atoms with Gasteiger partial charge in [0.05, 0.1) is 12.1 Å². The molecule has 3 aromatic carbocycles. The van der Waals surface area contributed by atoms with E-state index in [-0.39, 0.29) is 6.61 Å². The van der Waals surface area contributed by atoms with Crippen LogP contribution in [0.3, 0.4) is 0 Å². The predicted molar refractivity (Wildman–Crippen MR) is 109 cm³/mol. The van der Waals surface area contributed by atoms with Crippen LogP contribution >= 0.6 is 23.2 Å². The Balaban J connectivity index is 2.06. The quantitative estimate of drug-likeness (QED) is 0.521. The Bertz CT molecular complexity index is 1200. The fourth-order valence-electron chi connectivity index (χ4n) is 3.50. The third kappa shape index (κ3) is 3.06. The van der Waals surface area contributed by atoms with Crippen molar-refractivity contribution >= 4 is 50.9 Å². The molecule has 0 saturated heterocycles. The molecule has 0 aliphatic carbocycles. The molecule has 4 rings (SSSR count). The minimum absolute atomic E-state index is 0.0714. The standard InChI is InChI=1S/C21H16Cl2N2O2/c22-14-5-7-17(23)13(9-14)10-25-18-3-1-2-16(21(24)27)20(18)15-6-4-12(11-26)8-19(15)25/h1-9,26H,10-11H2,(H2,24,27).